The Morgan fingerprint density at radius 2 is 1.94 bits per heavy atom. The van der Waals surface area contributed by atoms with Crippen molar-refractivity contribution >= 4 is 11.8 Å². The predicted molar refractivity (Wildman–Crippen MR) is 61.6 cm³/mol. The summed E-state index contributed by atoms with van der Waals surface area (Å²) in [7, 11) is 0. The van der Waals surface area contributed by atoms with E-state index in [0.717, 1.165) is 12.8 Å². The molecular formula is C13H16O3. The van der Waals surface area contributed by atoms with Crippen LogP contribution in [-0.4, -0.2) is 16.9 Å². The lowest BCUT2D eigenvalue weighted by Gasteiger charge is -2.04. The fraction of sp³-hybridized carbons (Fsp3) is 0.385. The number of ketones is 1. The normalized spacial score (nSPS) is 10.1. The number of aromatic carboxylic acids is 1. The minimum absolute atomic E-state index is 0.107. The lowest BCUT2D eigenvalue weighted by molar-refractivity contribution is -0.118. The molecule has 0 unspecified atom stereocenters. The van der Waals surface area contributed by atoms with E-state index in [1.165, 1.54) is 6.07 Å². The van der Waals surface area contributed by atoms with Crippen LogP contribution in [0.25, 0.3) is 0 Å². The number of hydrogen-bond donors (Lipinski definition) is 1. The first-order valence-corrected chi connectivity index (χ1v) is 5.48. The van der Waals surface area contributed by atoms with E-state index in [1.807, 2.05) is 6.92 Å². The number of hydrogen-bond acceptors (Lipinski definition) is 2. The summed E-state index contributed by atoms with van der Waals surface area (Å²) >= 11 is 0. The van der Waals surface area contributed by atoms with Gasteiger partial charge in [-0.15, -0.1) is 0 Å². The molecule has 3 heteroatoms. The summed E-state index contributed by atoms with van der Waals surface area (Å²) in [5.74, 6) is -0.866. The summed E-state index contributed by atoms with van der Waals surface area (Å²) in [4.78, 5) is 22.5. The lowest BCUT2D eigenvalue weighted by atomic mass is 10.0. The second-order valence-electron chi connectivity index (χ2n) is 3.78. The van der Waals surface area contributed by atoms with Crippen molar-refractivity contribution in [1.29, 1.82) is 0 Å². The molecule has 0 amide bonds. The van der Waals surface area contributed by atoms with Crippen molar-refractivity contribution in [3.05, 3.63) is 35.4 Å². The van der Waals surface area contributed by atoms with Gasteiger partial charge in [0.05, 0.1) is 5.56 Å². The molecular weight excluding hydrogens is 204 g/mol. The summed E-state index contributed by atoms with van der Waals surface area (Å²) in [6.45, 7) is 2.03. The average Bonchev–Trinajstić information content (AvgIpc) is 2.27. The van der Waals surface area contributed by atoms with E-state index >= 15 is 0 Å². The number of Topliss-reactive ketones (excluding diaryl/α,β-unsaturated/α-hetero) is 1. The monoisotopic (exact) mass is 220 g/mol. The highest BCUT2D eigenvalue weighted by atomic mass is 16.4. The number of unbranched alkanes of at least 4 members (excludes halogenated alkanes) is 1. The minimum atomic E-state index is -0.973. The molecule has 0 saturated heterocycles. The van der Waals surface area contributed by atoms with Crippen molar-refractivity contribution in [1.82, 2.24) is 0 Å². The van der Waals surface area contributed by atoms with Crippen molar-refractivity contribution in [2.45, 2.75) is 32.6 Å². The molecule has 0 heterocycles. The Labute approximate surface area is 95.1 Å². The number of carbonyl (C=O) groups excluding carboxylic acids is 1. The molecule has 1 aromatic carbocycles. The van der Waals surface area contributed by atoms with Crippen molar-refractivity contribution in [2.75, 3.05) is 0 Å². The van der Waals surface area contributed by atoms with Gasteiger partial charge in [0, 0.05) is 12.8 Å². The molecule has 0 atom stereocenters. The quantitative estimate of drug-likeness (QED) is 0.801. The second-order valence-corrected chi connectivity index (χ2v) is 3.78. The molecule has 0 saturated carbocycles. The van der Waals surface area contributed by atoms with Gasteiger partial charge in [0.25, 0.3) is 0 Å². The highest BCUT2D eigenvalue weighted by molar-refractivity contribution is 5.92. The van der Waals surface area contributed by atoms with Gasteiger partial charge in [0.1, 0.15) is 5.78 Å². The molecule has 0 spiro atoms. The average molecular weight is 220 g/mol. The van der Waals surface area contributed by atoms with Crippen LogP contribution < -0.4 is 0 Å². The molecule has 1 N–H and O–H groups in total. The molecule has 0 bridgehead atoms. The third-order valence-corrected chi connectivity index (χ3v) is 2.44. The fourth-order valence-corrected chi connectivity index (χ4v) is 1.56. The zero-order valence-corrected chi connectivity index (χ0v) is 9.40. The summed E-state index contributed by atoms with van der Waals surface area (Å²) < 4.78 is 0. The van der Waals surface area contributed by atoms with Crippen molar-refractivity contribution < 1.29 is 14.7 Å². The van der Waals surface area contributed by atoms with Crippen LogP contribution in [0.2, 0.25) is 0 Å². The molecule has 0 aromatic heterocycles. The fourth-order valence-electron chi connectivity index (χ4n) is 1.56. The summed E-state index contributed by atoms with van der Waals surface area (Å²) in [5, 5.41) is 8.94. The van der Waals surface area contributed by atoms with E-state index in [0.29, 0.717) is 12.0 Å². The Morgan fingerprint density at radius 1 is 1.25 bits per heavy atom. The lowest BCUT2D eigenvalue weighted by Crippen LogP contribution is -2.08. The van der Waals surface area contributed by atoms with Crippen LogP contribution in [0.1, 0.15) is 42.1 Å². The first-order chi connectivity index (χ1) is 7.65. The van der Waals surface area contributed by atoms with Gasteiger partial charge in [0.2, 0.25) is 0 Å². The number of benzene rings is 1. The Morgan fingerprint density at radius 3 is 2.56 bits per heavy atom. The maximum Gasteiger partial charge on any atom is 0.335 e. The first-order valence-electron chi connectivity index (χ1n) is 5.48. The molecule has 86 valence electrons. The molecule has 0 aliphatic heterocycles. The topological polar surface area (TPSA) is 54.4 Å². The van der Waals surface area contributed by atoms with Gasteiger partial charge in [-0.25, -0.2) is 4.79 Å². The smallest absolute Gasteiger partial charge is 0.335 e. The molecule has 0 radical (unpaired) electrons. The third-order valence-electron chi connectivity index (χ3n) is 2.44. The van der Waals surface area contributed by atoms with E-state index in [2.05, 4.69) is 0 Å². The summed E-state index contributed by atoms with van der Waals surface area (Å²) in [6, 6.07) is 6.66. The van der Waals surface area contributed by atoms with E-state index in [1.54, 1.807) is 18.2 Å². The number of carboxylic acid groups (broad SMARTS) is 1. The standard InChI is InChI=1S/C13H16O3/c1-2-3-7-11(14)9-10-6-4-5-8-12(10)13(15)16/h4-6,8H,2-3,7,9H2,1H3,(H,15,16). The number of carboxylic acids is 1. The maximum atomic E-state index is 11.6. The minimum Gasteiger partial charge on any atom is -0.478 e. The first kappa shape index (κ1) is 12.4. The Kier molecular flexibility index (Phi) is 4.70. The van der Waals surface area contributed by atoms with Gasteiger partial charge in [-0.1, -0.05) is 31.5 Å². The molecule has 0 fully saturated rings. The van der Waals surface area contributed by atoms with Gasteiger partial charge in [-0.3, -0.25) is 4.79 Å². The van der Waals surface area contributed by atoms with Crippen LogP contribution >= 0.6 is 0 Å². The van der Waals surface area contributed by atoms with E-state index < -0.39 is 5.97 Å². The van der Waals surface area contributed by atoms with Crippen LogP contribution in [0, 0.1) is 0 Å². The van der Waals surface area contributed by atoms with E-state index in [-0.39, 0.29) is 17.8 Å². The highest BCUT2D eigenvalue weighted by Crippen LogP contribution is 2.11. The Bertz CT molecular complexity index is 383. The van der Waals surface area contributed by atoms with Crippen LogP contribution in [0.15, 0.2) is 24.3 Å². The summed E-state index contributed by atoms with van der Waals surface area (Å²) in [5.41, 5.74) is 0.837. The van der Waals surface area contributed by atoms with Crippen molar-refractivity contribution in [2.24, 2.45) is 0 Å². The van der Waals surface area contributed by atoms with Gasteiger partial charge in [0.15, 0.2) is 0 Å². The Hall–Kier alpha value is -1.64. The zero-order chi connectivity index (χ0) is 12.0. The molecule has 0 aliphatic carbocycles. The van der Waals surface area contributed by atoms with Crippen molar-refractivity contribution in [3.8, 4) is 0 Å². The maximum absolute atomic E-state index is 11.6. The largest absolute Gasteiger partial charge is 0.478 e. The van der Waals surface area contributed by atoms with E-state index in [9.17, 15) is 9.59 Å². The third kappa shape index (κ3) is 3.50. The van der Waals surface area contributed by atoms with Crippen LogP contribution in [-0.2, 0) is 11.2 Å². The molecule has 16 heavy (non-hydrogen) atoms. The van der Waals surface area contributed by atoms with Crippen LogP contribution in [0.4, 0.5) is 0 Å². The highest BCUT2D eigenvalue weighted by Gasteiger charge is 2.11. The van der Waals surface area contributed by atoms with Gasteiger partial charge < -0.3 is 5.11 Å². The second kappa shape index (κ2) is 6.05. The van der Waals surface area contributed by atoms with E-state index in [4.69, 9.17) is 5.11 Å². The molecule has 1 rings (SSSR count). The van der Waals surface area contributed by atoms with Crippen LogP contribution in [0.5, 0.6) is 0 Å². The van der Waals surface area contributed by atoms with Gasteiger partial charge in [-0.05, 0) is 18.1 Å². The zero-order valence-electron chi connectivity index (χ0n) is 9.40. The SMILES string of the molecule is CCCCC(=O)Cc1ccccc1C(=O)O. The molecule has 3 nitrogen and oxygen atoms in total. The molecule has 1 aromatic rings. The summed E-state index contributed by atoms with van der Waals surface area (Å²) in [6.07, 6.45) is 2.60. The molecule has 0 aliphatic rings. The van der Waals surface area contributed by atoms with Gasteiger partial charge in [-0.2, -0.15) is 0 Å². The number of rotatable bonds is 6. The van der Waals surface area contributed by atoms with Crippen molar-refractivity contribution in [3.63, 3.8) is 0 Å². The number of carbonyl (C=O) groups is 2. The predicted octanol–water partition coefficient (Wildman–Crippen LogP) is 2.69. The van der Waals surface area contributed by atoms with Gasteiger partial charge >= 0.3 is 5.97 Å². The van der Waals surface area contributed by atoms with Crippen LogP contribution in [0.3, 0.4) is 0 Å². The Balaban J connectivity index is 2.73.